The fraction of sp³-hybridized carbons (Fsp3) is 0.667. The van der Waals surface area contributed by atoms with Crippen LogP contribution in [0.15, 0.2) is 24.3 Å². The van der Waals surface area contributed by atoms with Gasteiger partial charge in [-0.25, -0.2) is 0 Å². The van der Waals surface area contributed by atoms with E-state index in [0.717, 1.165) is 37.6 Å². The molecule has 1 atom stereocenters. The van der Waals surface area contributed by atoms with Crippen molar-refractivity contribution >= 4 is 0 Å². The Morgan fingerprint density at radius 1 is 1.35 bits per heavy atom. The zero-order chi connectivity index (χ0) is 16.7. The summed E-state index contributed by atoms with van der Waals surface area (Å²) in [6, 6.07) is 8.08. The summed E-state index contributed by atoms with van der Waals surface area (Å²) in [7, 11) is 0. The van der Waals surface area contributed by atoms with Crippen LogP contribution in [0.25, 0.3) is 0 Å². The molecular weight excluding hydrogens is 292 g/mol. The number of ether oxygens (including phenoxy) is 2. The van der Waals surface area contributed by atoms with Crippen LogP contribution < -0.4 is 10.1 Å². The number of hydrogen-bond donors (Lipinski definition) is 2. The Bertz CT molecular complexity index is 471. The molecule has 0 saturated carbocycles. The molecule has 1 aromatic rings. The molecule has 0 aromatic heterocycles. The van der Waals surface area contributed by atoms with Crippen LogP contribution in [0.3, 0.4) is 0 Å². The predicted molar refractivity (Wildman–Crippen MR) is 91.8 cm³/mol. The van der Waals surface area contributed by atoms with E-state index in [-0.39, 0.29) is 6.10 Å². The molecule has 0 radical (unpaired) electrons. The SMILES string of the molecule is CC(C)Oc1cccc(CNCC(C)(O)CN2CCOCC2)c1. The molecule has 5 heteroatoms. The van der Waals surface area contributed by atoms with E-state index in [1.807, 2.05) is 39.0 Å². The Kier molecular flexibility index (Phi) is 6.84. The van der Waals surface area contributed by atoms with Gasteiger partial charge in [-0.05, 0) is 38.5 Å². The van der Waals surface area contributed by atoms with Crippen LogP contribution in [0.1, 0.15) is 26.3 Å². The summed E-state index contributed by atoms with van der Waals surface area (Å²) in [5.74, 6) is 0.888. The highest BCUT2D eigenvalue weighted by Gasteiger charge is 2.24. The summed E-state index contributed by atoms with van der Waals surface area (Å²) in [6.07, 6.45) is 0.174. The number of morpholine rings is 1. The molecule has 1 saturated heterocycles. The second kappa shape index (κ2) is 8.64. The van der Waals surface area contributed by atoms with E-state index in [0.29, 0.717) is 19.6 Å². The van der Waals surface area contributed by atoms with Gasteiger partial charge in [0.2, 0.25) is 0 Å². The monoisotopic (exact) mass is 322 g/mol. The normalized spacial score (nSPS) is 18.8. The van der Waals surface area contributed by atoms with Crippen LogP contribution >= 0.6 is 0 Å². The minimum Gasteiger partial charge on any atom is -0.491 e. The van der Waals surface area contributed by atoms with Crippen molar-refractivity contribution in [3.8, 4) is 5.75 Å². The number of rotatable bonds is 8. The summed E-state index contributed by atoms with van der Waals surface area (Å²) in [5.41, 5.74) is 0.411. The van der Waals surface area contributed by atoms with Crippen LogP contribution in [0, 0.1) is 0 Å². The van der Waals surface area contributed by atoms with E-state index in [9.17, 15) is 5.11 Å². The maximum atomic E-state index is 10.5. The second-order valence-electron chi connectivity index (χ2n) is 6.80. The average Bonchev–Trinajstić information content (AvgIpc) is 2.47. The van der Waals surface area contributed by atoms with Crippen molar-refractivity contribution in [1.82, 2.24) is 10.2 Å². The third-order valence-corrected chi connectivity index (χ3v) is 3.77. The zero-order valence-electron chi connectivity index (χ0n) is 14.5. The first-order valence-electron chi connectivity index (χ1n) is 8.43. The molecule has 0 amide bonds. The van der Waals surface area contributed by atoms with Gasteiger partial charge >= 0.3 is 0 Å². The van der Waals surface area contributed by atoms with Gasteiger partial charge in [0.1, 0.15) is 5.75 Å². The maximum absolute atomic E-state index is 10.5. The molecule has 2 N–H and O–H groups in total. The van der Waals surface area contributed by atoms with Crippen molar-refractivity contribution in [3.63, 3.8) is 0 Å². The number of aliphatic hydroxyl groups is 1. The lowest BCUT2D eigenvalue weighted by atomic mass is 10.1. The quantitative estimate of drug-likeness (QED) is 0.762. The molecule has 2 rings (SSSR count). The molecule has 0 bridgehead atoms. The van der Waals surface area contributed by atoms with Crippen molar-refractivity contribution < 1.29 is 14.6 Å². The first-order chi connectivity index (χ1) is 10.9. The van der Waals surface area contributed by atoms with Gasteiger partial charge in [-0.2, -0.15) is 0 Å². The summed E-state index contributed by atoms with van der Waals surface area (Å²) in [4.78, 5) is 2.25. The molecule has 5 nitrogen and oxygen atoms in total. The standard InChI is InChI=1S/C18H30N2O3/c1-15(2)23-17-6-4-5-16(11-17)12-19-13-18(3,21)14-20-7-9-22-10-8-20/h4-6,11,15,19,21H,7-10,12-14H2,1-3H3. The van der Waals surface area contributed by atoms with Crippen LogP contribution in [-0.4, -0.2) is 61.1 Å². The molecule has 1 aromatic carbocycles. The summed E-state index contributed by atoms with van der Waals surface area (Å²) in [6.45, 7) is 11.2. The van der Waals surface area contributed by atoms with Gasteiger partial charge in [-0.1, -0.05) is 12.1 Å². The molecule has 1 aliphatic heterocycles. The molecule has 0 aliphatic carbocycles. The lowest BCUT2D eigenvalue weighted by Gasteiger charge is -2.34. The van der Waals surface area contributed by atoms with Gasteiger partial charge in [0, 0.05) is 32.7 Å². The lowest BCUT2D eigenvalue weighted by molar-refractivity contribution is -0.0219. The zero-order valence-corrected chi connectivity index (χ0v) is 14.5. The predicted octanol–water partition coefficient (Wildman–Crippen LogP) is 1.65. The Morgan fingerprint density at radius 3 is 2.78 bits per heavy atom. The van der Waals surface area contributed by atoms with Crippen molar-refractivity contribution in [1.29, 1.82) is 0 Å². The number of nitrogens with zero attached hydrogens (tertiary/aromatic N) is 1. The molecule has 1 fully saturated rings. The summed E-state index contributed by atoms with van der Waals surface area (Å²) < 4.78 is 11.0. The second-order valence-corrected chi connectivity index (χ2v) is 6.80. The first kappa shape index (κ1) is 18.2. The smallest absolute Gasteiger partial charge is 0.120 e. The van der Waals surface area contributed by atoms with Crippen LogP contribution in [-0.2, 0) is 11.3 Å². The van der Waals surface area contributed by atoms with Crippen molar-refractivity contribution in [2.45, 2.75) is 39.0 Å². The minimum absolute atomic E-state index is 0.174. The van der Waals surface area contributed by atoms with Gasteiger partial charge in [0.15, 0.2) is 0 Å². The fourth-order valence-corrected chi connectivity index (χ4v) is 2.77. The first-order valence-corrected chi connectivity index (χ1v) is 8.43. The van der Waals surface area contributed by atoms with Crippen LogP contribution in [0.4, 0.5) is 0 Å². The van der Waals surface area contributed by atoms with Gasteiger partial charge in [-0.15, -0.1) is 0 Å². The molecule has 1 aliphatic rings. The van der Waals surface area contributed by atoms with Gasteiger partial charge < -0.3 is 19.9 Å². The van der Waals surface area contributed by atoms with Gasteiger partial charge in [-0.3, -0.25) is 4.90 Å². The van der Waals surface area contributed by atoms with Crippen LogP contribution in [0.2, 0.25) is 0 Å². The maximum Gasteiger partial charge on any atom is 0.120 e. The van der Waals surface area contributed by atoms with Gasteiger partial charge in [0.05, 0.1) is 24.9 Å². The highest BCUT2D eigenvalue weighted by atomic mass is 16.5. The third kappa shape index (κ3) is 6.87. The molecular formula is C18H30N2O3. The lowest BCUT2D eigenvalue weighted by Crippen LogP contribution is -2.50. The van der Waals surface area contributed by atoms with E-state index < -0.39 is 5.60 Å². The summed E-state index contributed by atoms with van der Waals surface area (Å²) >= 11 is 0. The van der Waals surface area contributed by atoms with E-state index in [1.165, 1.54) is 0 Å². The third-order valence-electron chi connectivity index (χ3n) is 3.77. The molecule has 0 spiro atoms. The average molecular weight is 322 g/mol. The minimum atomic E-state index is -0.747. The Labute approximate surface area is 139 Å². The van der Waals surface area contributed by atoms with E-state index in [2.05, 4.69) is 16.3 Å². The van der Waals surface area contributed by atoms with E-state index in [4.69, 9.17) is 9.47 Å². The van der Waals surface area contributed by atoms with Crippen molar-refractivity contribution in [2.24, 2.45) is 0 Å². The Balaban J connectivity index is 1.76. The summed E-state index contributed by atoms with van der Waals surface area (Å²) in [5, 5.41) is 13.9. The molecule has 1 heterocycles. The number of nitrogens with one attached hydrogen (secondary N) is 1. The largest absolute Gasteiger partial charge is 0.491 e. The highest BCUT2D eigenvalue weighted by Crippen LogP contribution is 2.15. The molecule has 130 valence electrons. The Morgan fingerprint density at radius 2 is 2.09 bits per heavy atom. The van der Waals surface area contributed by atoms with Crippen molar-refractivity contribution in [3.05, 3.63) is 29.8 Å². The number of hydrogen-bond acceptors (Lipinski definition) is 5. The van der Waals surface area contributed by atoms with Crippen molar-refractivity contribution in [2.75, 3.05) is 39.4 Å². The highest BCUT2D eigenvalue weighted by molar-refractivity contribution is 5.28. The number of benzene rings is 1. The Hall–Kier alpha value is -1.14. The topological polar surface area (TPSA) is 54.0 Å². The van der Waals surface area contributed by atoms with E-state index in [1.54, 1.807) is 0 Å². The molecule has 1 unspecified atom stereocenters. The fourth-order valence-electron chi connectivity index (χ4n) is 2.77. The molecule has 23 heavy (non-hydrogen) atoms. The van der Waals surface area contributed by atoms with E-state index >= 15 is 0 Å². The van der Waals surface area contributed by atoms with Gasteiger partial charge in [0.25, 0.3) is 0 Å². The number of β-amino-alcohol motifs (C(OH)–C–C–N with tert-alkyl or cyclic N) is 1. The van der Waals surface area contributed by atoms with Crippen LogP contribution in [0.5, 0.6) is 5.75 Å².